The average molecular weight is 402 g/mol. The van der Waals surface area contributed by atoms with Gasteiger partial charge >= 0.3 is 5.97 Å². The van der Waals surface area contributed by atoms with Crippen molar-refractivity contribution in [2.75, 3.05) is 11.9 Å². The lowest BCUT2D eigenvalue weighted by atomic mass is 9.97. The first-order chi connectivity index (χ1) is 14.5. The Kier molecular flexibility index (Phi) is 5.79. The second kappa shape index (κ2) is 8.66. The number of hydrogen-bond acceptors (Lipinski definition) is 4. The molecule has 1 aliphatic rings. The molecule has 154 valence electrons. The van der Waals surface area contributed by atoms with Crippen LogP contribution < -0.4 is 5.32 Å². The molecule has 5 nitrogen and oxygen atoms in total. The van der Waals surface area contributed by atoms with Gasteiger partial charge in [-0.15, -0.1) is 0 Å². The number of nitrogens with one attached hydrogen (secondary N) is 1. The van der Waals surface area contributed by atoms with Gasteiger partial charge in [0.05, 0.1) is 11.1 Å². The fraction of sp³-hybridized carbons (Fsp3) is 0.320. The minimum Gasteiger partial charge on any atom is -0.452 e. The molecule has 5 heteroatoms. The highest BCUT2D eigenvalue weighted by atomic mass is 16.5. The van der Waals surface area contributed by atoms with Gasteiger partial charge < -0.3 is 10.1 Å². The van der Waals surface area contributed by atoms with Gasteiger partial charge in [-0.05, 0) is 68.4 Å². The number of aryl methyl sites for hydroxylation is 2. The Morgan fingerprint density at radius 1 is 1.00 bits per heavy atom. The zero-order valence-electron chi connectivity index (χ0n) is 17.5. The lowest BCUT2D eigenvalue weighted by Crippen LogP contribution is -2.22. The lowest BCUT2D eigenvalue weighted by molar-refractivity contribution is -0.119. The van der Waals surface area contributed by atoms with Crippen LogP contribution in [0.1, 0.15) is 52.0 Å². The number of fused-ring (bicyclic) bond motifs is 2. The molecule has 0 bridgehead atoms. The minimum atomic E-state index is -0.456. The Labute approximate surface area is 176 Å². The van der Waals surface area contributed by atoms with E-state index in [1.807, 2.05) is 56.3 Å². The maximum Gasteiger partial charge on any atom is 0.339 e. The van der Waals surface area contributed by atoms with Gasteiger partial charge in [0.2, 0.25) is 0 Å². The van der Waals surface area contributed by atoms with E-state index in [1.54, 1.807) is 0 Å². The molecule has 1 aliphatic carbocycles. The molecule has 1 heterocycles. The number of para-hydroxylation sites is 1. The predicted octanol–water partition coefficient (Wildman–Crippen LogP) is 4.92. The fourth-order valence-corrected chi connectivity index (χ4v) is 4.06. The summed E-state index contributed by atoms with van der Waals surface area (Å²) in [5.41, 5.74) is 6.16. The Bertz CT molecular complexity index is 1120. The molecule has 0 atom stereocenters. The minimum absolute atomic E-state index is 0.322. The summed E-state index contributed by atoms with van der Waals surface area (Å²) >= 11 is 0. The van der Waals surface area contributed by atoms with Crippen LogP contribution in [0.15, 0.2) is 42.5 Å². The van der Waals surface area contributed by atoms with Crippen LogP contribution in [0.25, 0.3) is 10.9 Å². The molecular weight excluding hydrogens is 376 g/mol. The highest BCUT2D eigenvalue weighted by Crippen LogP contribution is 2.29. The van der Waals surface area contributed by atoms with E-state index in [4.69, 9.17) is 9.72 Å². The highest BCUT2D eigenvalue weighted by Gasteiger charge is 2.23. The summed E-state index contributed by atoms with van der Waals surface area (Å²) < 4.78 is 5.47. The van der Waals surface area contributed by atoms with Crippen molar-refractivity contribution in [3.05, 3.63) is 70.4 Å². The van der Waals surface area contributed by atoms with E-state index in [9.17, 15) is 9.59 Å². The van der Waals surface area contributed by atoms with Crippen LogP contribution >= 0.6 is 0 Å². The molecule has 0 saturated carbocycles. The number of benzene rings is 2. The van der Waals surface area contributed by atoms with E-state index < -0.39 is 5.97 Å². The van der Waals surface area contributed by atoms with Gasteiger partial charge in [-0.2, -0.15) is 0 Å². The molecule has 0 saturated heterocycles. The number of esters is 1. The van der Waals surface area contributed by atoms with Crippen molar-refractivity contribution in [1.29, 1.82) is 0 Å². The molecule has 0 fully saturated rings. The quantitative estimate of drug-likeness (QED) is 0.497. The number of nitrogens with zero attached hydrogens (tertiary/aromatic N) is 1. The Balaban J connectivity index is 1.56. The zero-order chi connectivity index (χ0) is 21.1. The molecule has 30 heavy (non-hydrogen) atoms. The van der Waals surface area contributed by atoms with E-state index in [-0.39, 0.29) is 12.5 Å². The number of aromatic nitrogens is 1. The lowest BCUT2D eigenvalue weighted by Gasteiger charge is -2.15. The van der Waals surface area contributed by atoms with Gasteiger partial charge in [0, 0.05) is 16.8 Å². The smallest absolute Gasteiger partial charge is 0.339 e. The van der Waals surface area contributed by atoms with Crippen molar-refractivity contribution in [1.82, 2.24) is 4.98 Å². The maximum atomic E-state index is 13.1. The van der Waals surface area contributed by atoms with E-state index in [0.29, 0.717) is 5.56 Å². The molecule has 4 rings (SSSR count). The molecule has 2 aromatic carbocycles. The molecule has 0 spiro atoms. The van der Waals surface area contributed by atoms with Crippen LogP contribution in [0.2, 0.25) is 0 Å². The zero-order valence-corrected chi connectivity index (χ0v) is 17.5. The topological polar surface area (TPSA) is 68.3 Å². The van der Waals surface area contributed by atoms with Crippen LogP contribution in [-0.4, -0.2) is 23.5 Å². The van der Waals surface area contributed by atoms with Crippen molar-refractivity contribution in [2.24, 2.45) is 0 Å². The number of hydrogen-bond donors (Lipinski definition) is 1. The summed E-state index contributed by atoms with van der Waals surface area (Å²) in [5, 5.41) is 3.63. The van der Waals surface area contributed by atoms with Crippen molar-refractivity contribution in [3.8, 4) is 0 Å². The van der Waals surface area contributed by atoms with Gasteiger partial charge in [0.15, 0.2) is 6.61 Å². The van der Waals surface area contributed by atoms with Crippen LogP contribution in [0.5, 0.6) is 0 Å². The van der Waals surface area contributed by atoms with Crippen LogP contribution in [0.3, 0.4) is 0 Å². The molecular formula is C25H26N2O3. The van der Waals surface area contributed by atoms with Crippen molar-refractivity contribution in [3.63, 3.8) is 0 Å². The summed E-state index contributed by atoms with van der Waals surface area (Å²) in [7, 11) is 0. The first kappa shape index (κ1) is 20.1. The number of anilines is 1. The third kappa shape index (κ3) is 4.06. The molecule has 0 radical (unpaired) electrons. The Hall–Kier alpha value is -3.21. The second-order valence-electron chi connectivity index (χ2n) is 7.86. The molecule has 1 amide bonds. The van der Waals surface area contributed by atoms with Gasteiger partial charge in [-0.1, -0.05) is 36.8 Å². The highest BCUT2D eigenvalue weighted by molar-refractivity contribution is 6.06. The number of amides is 1. The summed E-state index contributed by atoms with van der Waals surface area (Å²) in [6, 6.07) is 13.4. The molecule has 1 N–H and O–H groups in total. The third-order valence-electron chi connectivity index (χ3n) is 5.84. The molecule has 0 aliphatic heterocycles. The van der Waals surface area contributed by atoms with Gasteiger partial charge in [-0.3, -0.25) is 9.78 Å². The summed E-state index contributed by atoms with van der Waals surface area (Å²) in [6.45, 7) is 3.62. The summed E-state index contributed by atoms with van der Waals surface area (Å²) in [6.07, 6.45) is 4.91. The van der Waals surface area contributed by atoms with E-state index >= 15 is 0 Å². The monoisotopic (exact) mass is 402 g/mol. The summed E-state index contributed by atoms with van der Waals surface area (Å²) in [5.74, 6) is -0.802. The number of carbonyl (C=O) groups is 2. The fourth-order valence-electron chi connectivity index (χ4n) is 4.06. The second-order valence-corrected chi connectivity index (χ2v) is 7.86. The van der Waals surface area contributed by atoms with Gasteiger partial charge in [0.25, 0.3) is 5.91 Å². The number of rotatable bonds is 4. The molecule has 0 unspecified atom stereocenters. The maximum absolute atomic E-state index is 13.1. The summed E-state index contributed by atoms with van der Waals surface area (Å²) in [4.78, 5) is 30.3. The first-order valence-corrected chi connectivity index (χ1v) is 10.5. The number of ether oxygens (including phenoxy) is 1. The first-order valence-electron chi connectivity index (χ1n) is 10.5. The van der Waals surface area contributed by atoms with E-state index in [1.165, 1.54) is 0 Å². The van der Waals surface area contributed by atoms with Crippen LogP contribution in [-0.2, 0) is 22.4 Å². The van der Waals surface area contributed by atoms with Gasteiger partial charge in [0.1, 0.15) is 0 Å². The molecule has 3 aromatic rings. The molecule has 1 aromatic heterocycles. The van der Waals surface area contributed by atoms with E-state index in [2.05, 4.69) is 5.32 Å². The standard InChI is InChI=1S/C25H26N2O3/c1-16-9-8-14-20(17(16)2)27-23(28)15-30-25(29)24-18-10-4-3-5-12-21(18)26-22-13-7-6-11-19(22)24/h6-9,11,13-14H,3-5,10,12,15H2,1-2H3,(H,27,28). The SMILES string of the molecule is Cc1cccc(NC(=O)COC(=O)c2c3c(nc4ccccc24)CCCCC3)c1C. The Morgan fingerprint density at radius 2 is 1.80 bits per heavy atom. The van der Waals surface area contributed by atoms with Crippen LogP contribution in [0, 0.1) is 13.8 Å². The van der Waals surface area contributed by atoms with Crippen molar-refractivity contribution < 1.29 is 14.3 Å². The van der Waals surface area contributed by atoms with Crippen molar-refractivity contribution in [2.45, 2.75) is 46.0 Å². The van der Waals surface area contributed by atoms with Crippen LogP contribution in [0.4, 0.5) is 5.69 Å². The number of carbonyl (C=O) groups excluding carboxylic acids is 2. The van der Waals surface area contributed by atoms with Crippen molar-refractivity contribution >= 4 is 28.5 Å². The normalized spacial score (nSPS) is 13.4. The number of pyridine rings is 1. The van der Waals surface area contributed by atoms with E-state index in [0.717, 1.165) is 71.1 Å². The Morgan fingerprint density at radius 3 is 2.67 bits per heavy atom. The van der Waals surface area contributed by atoms with Gasteiger partial charge in [-0.25, -0.2) is 4.79 Å². The largest absolute Gasteiger partial charge is 0.452 e. The third-order valence-corrected chi connectivity index (χ3v) is 5.84. The average Bonchev–Trinajstić information content (AvgIpc) is 2.98. The predicted molar refractivity (Wildman–Crippen MR) is 118 cm³/mol.